The summed E-state index contributed by atoms with van der Waals surface area (Å²) in [6.45, 7) is 6.09. The Morgan fingerprint density at radius 1 is 1.38 bits per heavy atom. The van der Waals surface area contributed by atoms with Crippen LogP contribution in [0.3, 0.4) is 0 Å². The first-order valence-electron chi connectivity index (χ1n) is 7.87. The summed E-state index contributed by atoms with van der Waals surface area (Å²) in [5, 5.41) is 10.9. The molecule has 1 amide bonds. The van der Waals surface area contributed by atoms with Crippen LogP contribution >= 0.6 is 0 Å². The summed E-state index contributed by atoms with van der Waals surface area (Å²) >= 11 is 0. The highest BCUT2D eigenvalue weighted by molar-refractivity contribution is 5.81. The lowest BCUT2D eigenvalue weighted by Gasteiger charge is -2.22. The fourth-order valence-electron chi connectivity index (χ4n) is 1.96. The van der Waals surface area contributed by atoms with Gasteiger partial charge in [-0.05, 0) is 34.1 Å². The number of hydrogen-bond donors (Lipinski definition) is 2. The lowest BCUT2D eigenvalue weighted by molar-refractivity contribution is -0.145. The van der Waals surface area contributed by atoms with Crippen molar-refractivity contribution in [3.05, 3.63) is 32.6 Å². The number of H-pyrrole nitrogens is 1. The van der Waals surface area contributed by atoms with Crippen LogP contribution in [0.1, 0.15) is 32.8 Å². The van der Waals surface area contributed by atoms with Gasteiger partial charge in [0.25, 0.3) is 5.56 Å². The highest BCUT2D eigenvalue weighted by Gasteiger charge is 2.25. The summed E-state index contributed by atoms with van der Waals surface area (Å²) in [4.78, 5) is 49.3. The van der Waals surface area contributed by atoms with Gasteiger partial charge in [-0.1, -0.05) is 0 Å². The molecular weight excluding hydrogens is 344 g/mol. The van der Waals surface area contributed by atoms with Crippen LogP contribution in [0.2, 0.25) is 0 Å². The number of aromatic amines is 1. The van der Waals surface area contributed by atoms with Gasteiger partial charge in [0.1, 0.15) is 17.7 Å². The SMILES string of the molecule is Cc1cn(CCC(NC(=O)OC(C)(C)C)C(=O)OCC#N)c(=O)[nH]c1=O. The molecule has 1 heterocycles. The summed E-state index contributed by atoms with van der Waals surface area (Å²) < 4.78 is 11.0. The largest absolute Gasteiger partial charge is 0.449 e. The van der Waals surface area contributed by atoms with Crippen LogP contribution in [0, 0.1) is 18.3 Å². The van der Waals surface area contributed by atoms with E-state index < -0.39 is 41.6 Å². The zero-order chi connectivity index (χ0) is 19.9. The molecule has 2 N–H and O–H groups in total. The van der Waals surface area contributed by atoms with E-state index in [1.807, 2.05) is 0 Å². The van der Waals surface area contributed by atoms with E-state index in [9.17, 15) is 19.2 Å². The van der Waals surface area contributed by atoms with Gasteiger partial charge in [0.15, 0.2) is 6.61 Å². The van der Waals surface area contributed by atoms with Crippen molar-refractivity contribution in [2.24, 2.45) is 0 Å². The molecule has 0 spiro atoms. The van der Waals surface area contributed by atoms with Crippen LogP contribution in [0.5, 0.6) is 0 Å². The average Bonchev–Trinajstić information content (AvgIpc) is 2.51. The number of nitrogens with zero attached hydrogens (tertiary/aromatic N) is 2. The summed E-state index contributed by atoms with van der Waals surface area (Å²) in [6, 6.07) is 0.532. The van der Waals surface area contributed by atoms with Crippen LogP contribution in [0.4, 0.5) is 4.79 Å². The van der Waals surface area contributed by atoms with Crippen molar-refractivity contribution in [2.45, 2.75) is 52.3 Å². The number of esters is 1. The van der Waals surface area contributed by atoms with Crippen molar-refractivity contribution < 1.29 is 19.1 Å². The summed E-state index contributed by atoms with van der Waals surface area (Å²) in [5.41, 5.74) is -1.57. The molecule has 1 aromatic heterocycles. The quantitative estimate of drug-likeness (QED) is 0.684. The predicted molar refractivity (Wildman–Crippen MR) is 90.4 cm³/mol. The Morgan fingerprint density at radius 2 is 2.04 bits per heavy atom. The first kappa shape index (κ1) is 21.0. The Kier molecular flexibility index (Phi) is 7.13. The molecule has 0 aliphatic carbocycles. The second-order valence-electron chi connectivity index (χ2n) is 6.52. The Morgan fingerprint density at radius 3 is 2.62 bits per heavy atom. The zero-order valence-electron chi connectivity index (χ0n) is 15.1. The molecule has 142 valence electrons. The Bertz CT molecular complexity index is 812. The summed E-state index contributed by atoms with van der Waals surface area (Å²) in [5.74, 6) is -0.827. The van der Waals surface area contributed by atoms with Gasteiger partial charge in [-0.25, -0.2) is 14.4 Å². The first-order chi connectivity index (χ1) is 12.0. The summed E-state index contributed by atoms with van der Waals surface area (Å²) in [7, 11) is 0. The number of aromatic nitrogens is 2. The number of nitriles is 1. The van der Waals surface area contributed by atoms with Gasteiger partial charge in [0.2, 0.25) is 0 Å². The van der Waals surface area contributed by atoms with E-state index in [1.165, 1.54) is 17.7 Å². The molecule has 0 bridgehead atoms. The molecule has 1 rings (SSSR count). The van der Waals surface area contributed by atoms with Crippen LogP contribution in [-0.4, -0.2) is 39.9 Å². The van der Waals surface area contributed by atoms with Gasteiger partial charge >= 0.3 is 17.8 Å². The number of nitrogens with one attached hydrogen (secondary N) is 2. The van der Waals surface area contributed by atoms with E-state index >= 15 is 0 Å². The Balaban J connectivity index is 2.88. The van der Waals surface area contributed by atoms with Crippen LogP contribution < -0.4 is 16.6 Å². The fraction of sp³-hybridized carbons (Fsp3) is 0.562. The van der Waals surface area contributed by atoms with Gasteiger partial charge in [-0.15, -0.1) is 0 Å². The van der Waals surface area contributed by atoms with Crippen LogP contribution in [0.15, 0.2) is 15.8 Å². The minimum Gasteiger partial charge on any atom is -0.449 e. The van der Waals surface area contributed by atoms with Gasteiger partial charge < -0.3 is 19.4 Å². The molecule has 0 saturated carbocycles. The van der Waals surface area contributed by atoms with Gasteiger partial charge in [0, 0.05) is 18.3 Å². The third-order valence-corrected chi connectivity index (χ3v) is 3.10. The van der Waals surface area contributed by atoms with Gasteiger partial charge in [-0.3, -0.25) is 9.78 Å². The average molecular weight is 366 g/mol. The molecule has 1 atom stereocenters. The van der Waals surface area contributed by atoms with Gasteiger partial charge in [-0.2, -0.15) is 5.26 Å². The van der Waals surface area contributed by atoms with E-state index in [1.54, 1.807) is 26.8 Å². The van der Waals surface area contributed by atoms with Crippen molar-refractivity contribution in [2.75, 3.05) is 6.61 Å². The van der Waals surface area contributed by atoms with E-state index in [0.717, 1.165) is 0 Å². The number of carbonyl (C=O) groups excluding carboxylic acids is 2. The molecule has 0 saturated heterocycles. The third-order valence-electron chi connectivity index (χ3n) is 3.10. The number of ether oxygens (including phenoxy) is 2. The van der Waals surface area contributed by atoms with Crippen molar-refractivity contribution in [1.29, 1.82) is 5.26 Å². The monoisotopic (exact) mass is 366 g/mol. The third kappa shape index (κ3) is 6.80. The predicted octanol–water partition coefficient (Wildman–Crippen LogP) is 0.195. The minimum atomic E-state index is -1.13. The van der Waals surface area contributed by atoms with Crippen molar-refractivity contribution in [3.63, 3.8) is 0 Å². The standard InChI is InChI=1S/C16H22N4O6/c1-10-9-20(14(23)19-12(10)21)7-5-11(13(22)25-8-6-17)18-15(24)26-16(2,3)4/h9,11H,5,7-8H2,1-4H3,(H,18,24)(H,19,21,23). The Hall–Kier alpha value is -3.09. The molecule has 0 aliphatic heterocycles. The topological polar surface area (TPSA) is 143 Å². The molecule has 0 radical (unpaired) electrons. The fourth-order valence-corrected chi connectivity index (χ4v) is 1.96. The normalized spacial score (nSPS) is 12.0. The lowest BCUT2D eigenvalue weighted by Crippen LogP contribution is -2.45. The smallest absolute Gasteiger partial charge is 0.408 e. The highest BCUT2D eigenvalue weighted by Crippen LogP contribution is 2.08. The molecule has 1 aromatic rings. The first-order valence-corrected chi connectivity index (χ1v) is 7.87. The molecule has 26 heavy (non-hydrogen) atoms. The molecule has 0 aliphatic rings. The molecular formula is C16H22N4O6. The highest BCUT2D eigenvalue weighted by atomic mass is 16.6. The second-order valence-corrected chi connectivity index (χ2v) is 6.52. The molecule has 1 unspecified atom stereocenters. The minimum absolute atomic E-state index is 0.00506. The van der Waals surface area contributed by atoms with Crippen LogP contribution in [-0.2, 0) is 20.8 Å². The van der Waals surface area contributed by atoms with E-state index in [-0.39, 0.29) is 13.0 Å². The Labute approximate surface area is 149 Å². The maximum Gasteiger partial charge on any atom is 0.408 e. The number of rotatable bonds is 6. The van der Waals surface area contributed by atoms with E-state index in [2.05, 4.69) is 10.3 Å². The number of carbonyl (C=O) groups is 2. The maximum absolute atomic E-state index is 12.0. The summed E-state index contributed by atoms with van der Waals surface area (Å²) in [6.07, 6.45) is 0.516. The maximum atomic E-state index is 12.0. The number of alkyl carbamates (subject to hydrolysis) is 1. The molecule has 10 heteroatoms. The second kappa shape index (κ2) is 8.84. The lowest BCUT2D eigenvalue weighted by atomic mass is 10.2. The van der Waals surface area contributed by atoms with Gasteiger partial charge in [0.05, 0.1) is 0 Å². The van der Waals surface area contributed by atoms with Crippen molar-refractivity contribution in [1.82, 2.24) is 14.9 Å². The number of amides is 1. The molecule has 0 fully saturated rings. The number of aryl methyl sites for hydroxylation is 2. The zero-order valence-corrected chi connectivity index (χ0v) is 15.1. The van der Waals surface area contributed by atoms with E-state index in [4.69, 9.17) is 14.7 Å². The van der Waals surface area contributed by atoms with Crippen molar-refractivity contribution in [3.8, 4) is 6.07 Å². The molecule has 10 nitrogen and oxygen atoms in total. The van der Waals surface area contributed by atoms with E-state index in [0.29, 0.717) is 5.56 Å². The number of hydrogen-bond acceptors (Lipinski definition) is 7. The molecule has 0 aromatic carbocycles. The van der Waals surface area contributed by atoms with Crippen LogP contribution in [0.25, 0.3) is 0 Å². The van der Waals surface area contributed by atoms with Crippen molar-refractivity contribution >= 4 is 12.1 Å².